The van der Waals surface area contributed by atoms with Crippen LogP contribution in [0.4, 0.5) is 0 Å². The van der Waals surface area contributed by atoms with E-state index in [4.69, 9.17) is 19.5 Å². The van der Waals surface area contributed by atoms with Crippen molar-refractivity contribution in [3.05, 3.63) is 29.8 Å². The molecule has 0 unspecified atom stereocenters. The minimum absolute atomic E-state index is 0.118. The molecule has 0 saturated carbocycles. The predicted molar refractivity (Wildman–Crippen MR) is 77.8 cm³/mol. The average Bonchev–Trinajstić information content (AvgIpc) is 2.41. The third-order valence-corrected chi connectivity index (χ3v) is 2.46. The second kappa shape index (κ2) is 8.57. The van der Waals surface area contributed by atoms with E-state index in [0.717, 1.165) is 6.42 Å². The number of hydrogen-bond donors (Lipinski definition) is 0. The van der Waals surface area contributed by atoms with Crippen molar-refractivity contribution in [2.75, 3.05) is 26.4 Å². The maximum Gasteiger partial charge on any atom is 0.137 e. The van der Waals surface area contributed by atoms with Gasteiger partial charge in [-0.05, 0) is 32.9 Å². The minimum Gasteiger partial charge on any atom is -0.492 e. The molecule has 0 aromatic heterocycles. The van der Waals surface area contributed by atoms with Crippen LogP contribution in [-0.4, -0.2) is 32.0 Å². The number of para-hydroxylation sites is 1. The molecule has 0 aliphatic rings. The van der Waals surface area contributed by atoms with Gasteiger partial charge in [-0.2, -0.15) is 5.26 Å². The van der Waals surface area contributed by atoms with Crippen molar-refractivity contribution in [1.82, 2.24) is 0 Å². The van der Waals surface area contributed by atoms with E-state index < -0.39 is 0 Å². The van der Waals surface area contributed by atoms with Crippen LogP contribution in [0.5, 0.6) is 5.75 Å². The Morgan fingerprint density at radius 1 is 1.05 bits per heavy atom. The van der Waals surface area contributed by atoms with Crippen molar-refractivity contribution in [2.24, 2.45) is 0 Å². The van der Waals surface area contributed by atoms with E-state index in [-0.39, 0.29) is 5.60 Å². The highest BCUT2D eigenvalue weighted by molar-refractivity contribution is 5.42. The van der Waals surface area contributed by atoms with E-state index in [1.807, 2.05) is 32.9 Å². The summed E-state index contributed by atoms with van der Waals surface area (Å²) >= 11 is 0. The smallest absolute Gasteiger partial charge is 0.137 e. The van der Waals surface area contributed by atoms with Crippen LogP contribution in [0.2, 0.25) is 0 Å². The van der Waals surface area contributed by atoms with Crippen LogP contribution >= 0.6 is 0 Å². The summed E-state index contributed by atoms with van der Waals surface area (Å²) in [5, 5.41) is 8.92. The molecule has 20 heavy (non-hydrogen) atoms. The fraction of sp³-hybridized carbons (Fsp3) is 0.562. The van der Waals surface area contributed by atoms with Crippen LogP contribution < -0.4 is 4.74 Å². The SMILES string of the molecule is CC(C)(C)OCCOCCCOc1ccccc1C#N. The first kappa shape index (κ1) is 16.5. The van der Waals surface area contributed by atoms with Gasteiger partial charge in [0.1, 0.15) is 11.8 Å². The highest BCUT2D eigenvalue weighted by atomic mass is 16.5. The molecule has 0 heterocycles. The zero-order chi connectivity index (χ0) is 14.8. The topological polar surface area (TPSA) is 51.5 Å². The number of hydrogen-bond acceptors (Lipinski definition) is 4. The van der Waals surface area contributed by atoms with Gasteiger partial charge >= 0.3 is 0 Å². The van der Waals surface area contributed by atoms with Crippen molar-refractivity contribution in [3.8, 4) is 11.8 Å². The molecular weight excluding hydrogens is 254 g/mol. The third kappa shape index (κ3) is 7.13. The van der Waals surface area contributed by atoms with Crippen LogP contribution in [0.3, 0.4) is 0 Å². The largest absolute Gasteiger partial charge is 0.492 e. The summed E-state index contributed by atoms with van der Waals surface area (Å²) in [6, 6.07) is 9.33. The lowest BCUT2D eigenvalue weighted by Gasteiger charge is -2.19. The summed E-state index contributed by atoms with van der Waals surface area (Å²) in [6.45, 7) is 8.42. The standard InChI is InChI=1S/C16H23NO3/c1-16(2,3)20-12-11-18-9-6-10-19-15-8-5-4-7-14(15)13-17/h4-5,7-8H,6,9-12H2,1-3H3. The molecule has 0 saturated heterocycles. The average molecular weight is 277 g/mol. The van der Waals surface area contributed by atoms with Gasteiger partial charge in [-0.25, -0.2) is 0 Å². The molecular formula is C16H23NO3. The monoisotopic (exact) mass is 277 g/mol. The van der Waals surface area contributed by atoms with Gasteiger partial charge in [0.2, 0.25) is 0 Å². The van der Waals surface area contributed by atoms with E-state index in [1.165, 1.54) is 0 Å². The summed E-state index contributed by atoms with van der Waals surface area (Å²) < 4.78 is 16.6. The van der Waals surface area contributed by atoms with Gasteiger partial charge in [-0.15, -0.1) is 0 Å². The van der Waals surface area contributed by atoms with Gasteiger partial charge in [-0.1, -0.05) is 12.1 Å². The molecule has 0 amide bonds. The first-order valence-corrected chi connectivity index (χ1v) is 6.86. The zero-order valence-corrected chi connectivity index (χ0v) is 12.5. The molecule has 0 bridgehead atoms. The normalized spacial score (nSPS) is 11.1. The second-order valence-electron chi connectivity index (χ2n) is 5.38. The fourth-order valence-electron chi connectivity index (χ4n) is 1.54. The third-order valence-electron chi connectivity index (χ3n) is 2.46. The Hall–Kier alpha value is -1.57. The first-order valence-electron chi connectivity index (χ1n) is 6.86. The molecule has 0 aliphatic carbocycles. The van der Waals surface area contributed by atoms with Gasteiger partial charge in [0.05, 0.1) is 31.0 Å². The molecule has 0 atom stereocenters. The molecule has 0 radical (unpaired) electrons. The van der Waals surface area contributed by atoms with Crippen molar-refractivity contribution >= 4 is 0 Å². The Morgan fingerprint density at radius 2 is 1.80 bits per heavy atom. The molecule has 110 valence electrons. The molecule has 4 heteroatoms. The number of nitriles is 1. The van der Waals surface area contributed by atoms with Crippen LogP contribution in [0.1, 0.15) is 32.8 Å². The molecule has 4 nitrogen and oxygen atoms in total. The Balaban J connectivity index is 2.07. The number of rotatable bonds is 8. The van der Waals surface area contributed by atoms with E-state index in [9.17, 15) is 0 Å². The Bertz CT molecular complexity index is 432. The summed E-state index contributed by atoms with van der Waals surface area (Å²) in [7, 11) is 0. The maximum atomic E-state index is 8.92. The lowest BCUT2D eigenvalue weighted by Crippen LogP contribution is -2.22. The Labute approximate surface area is 121 Å². The quantitative estimate of drug-likeness (QED) is 0.685. The zero-order valence-electron chi connectivity index (χ0n) is 12.5. The highest BCUT2D eigenvalue weighted by Crippen LogP contribution is 2.16. The van der Waals surface area contributed by atoms with Crippen LogP contribution in [0.15, 0.2) is 24.3 Å². The predicted octanol–water partition coefficient (Wildman–Crippen LogP) is 3.16. The van der Waals surface area contributed by atoms with Crippen molar-refractivity contribution in [3.63, 3.8) is 0 Å². The number of benzene rings is 1. The van der Waals surface area contributed by atoms with Crippen molar-refractivity contribution in [2.45, 2.75) is 32.8 Å². The van der Waals surface area contributed by atoms with E-state index >= 15 is 0 Å². The molecule has 1 aromatic carbocycles. The van der Waals surface area contributed by atoms with Gasteiger partial charge in [0.25, 0.3) is 0 Å². The second-order valence-corrected chi connectivity index (χ2v) is 5.38. The van der Waals surface area contributed by atoms with Crippen LogP contribution in [0, 0.1) is 11.3 Å². The van der Waals surface area contributed by atoms with E-state index in [1.54, 1.807) is 12.1 Å². The number of ether oxygens (including phenoxy) is 3. The van der Waals surface area contributed by atoms with Gasteiger partial charge in [0.15, 0.2) is 0 Å². The van der Waals surface area contributed by atoms with E-state index in [0.29, 0.717) is 37.7 Å². The van der Waals surface area contributed by atoms with E-state index in [2.05, 4.69) is 6.07 Å². The summed E-state index contributed by atoms with van der Waals surface area (Å²) in [6.07, 6.45) is 0.787. The van der Waals surface area contributed by atoms with Crippen molar-refractivity contribution < 1.29 is 14.2 Å². The lowest BCUT2D eigenvalue weighted by atomic mass is 10.2. The van der Waals surface area contributed by atoms with Gasteiger partial charge in [0, 0.05) is 13.0 Å². The molecule has 0 aliphatic heterocycles. The fourth-order valence-corrected chi connectivity index (χ4v) is 1.54. The molecule has 0 N–H and O–H groups in total. The summed E-state index contributed by atoms with van der Waals surface area (Å²) in [5.74, 6) is 0.631. The lowest BCUT2D eigenvalue weighted by molar-refractivity contribution is -0.0357. The van der Waals surface area contributed by atoms with Gasteiger partial charge in [-0.3, -0.25) is 0 Å². The Kier molecular flexibility index (Phi) is 7.06. The van der Waals surface area contributed by atoms with Crippen LogP contribution in [0.25, 0.3) is 0 Å². The molecule has 0 spiro atoms. The molecule has 1 aromatic rings. The summed E-state index contributed by atoms with van der Waals surface area (Å²) in [4.78, 5) is 0. The number of nitrogens with zero attached hydrogens (tertiary/aromatic N) is 1. The highest BCUT2D eigenvalue weighted by Gasteiger charge is 2.08. The molecule has 1 rings (SSSR count). The maximum absolute atomic E-state index is 8.92. The van der Waals surface area contributed by atoms with Crippen molar-refractivity contribution in [1.29, 1.82) is 5.26 Å². The van der Waals surface area contributed by atoms with Crippen LogP contribution in [-0.2, 0) is 9.47 Å². The Morgan fingerprint density at radius 3 is 2.50 bits per heavy atom. The first-order chi connectivity index (χ1) is 9.53. The van der Waals surface area contributed by atoms with Gasteiger partial charge < -0.3 is 14.2 Å². The summed E-state index contributed by atoms with van der Waals surface area (Å²) in [5.41, 5.74) is 0.444. The minimum atomic E-state index is -0.118. The molecule has 0 fully saturated rings.